The fourth-order valence-electron chi connectivity index (χ4n) is 3.50. The average molecular weight is 332 g/mol. The summed E-state index contributed by atoms with van der Waals surface area (Å²) in [4.78, 5) is 11.0. The molecule has 1 aliphatic rings. The normalized spacial score (nSPS) is 15.5. The summed E-state index contributed by atoms with van der Waals surface area (Å²) in [6.45, 7) is 0. The molecule has 5 heteroatoms. The third-order valence-electron chi connectivity index (χ3n) is 4.56. The highest BCUT2D eigenvalue weighted by molar-refractivity contribution is 6.33. The Labute approximate surface area is 139 Å². The van der Waals surface area contributed by atoms with Gasteiger partial charge >= 0.3 is 0 Å². The molecule has 0 heterocycles. The van der Waals surface area contributed by atoms with E-state index >= 15 is 0 Å². The lowest BCUT2D eigenvalue weighted by atomic mass is 9.80. The molecule has 1 aliphatic carbocycles. The van der Waals surface area contributed by atoms with Crippen LogP contribution in [-0.2, 0) is 0 Å². The molecule has 4 nitrogen and oxygen atoms in total. The van der Waals surface area contributed by atoms with Gasteiger partial charge in [-0.2, -0.15) is 0 Å². The molecular weight excluding hydrogens is 314 g/mol. The predicted octanol–water partition coefficient (Wildman–Crippen LogP) is 5.67. The van der Waals surface area contributed by atoms with E-state index in [4.69, 9.17) is 11.6 Å². The van der Waals surface area contributed by atoms with Crippen LogP contribution in [0.4, 0.5) is 5.69 Å². The van der Waals surface area contributed by atoms with E-state index in [0.29, 0.717) is 16.1 Å². The zero-order chi connectivity index (χ0) is 16.4. The maximum atomic E-state index is 11.4. The SMILES string of the molecule is O=[N+]([O-])c1ccccc1-c1c(Cl)ccc(O)c1C1CCCCC1. The van der Waals surface area contributed by atoms with Crippen molar-refractivity contribution < 1.29 is 10.0 Å². The van der Waals surface area contributed by atoms with Crippen molar-refractivity contribution in [2.24, 2.45) is 0 Å². The first-order valence-electron chi connectivity index (χ1n) is 7.84. The molecule has 0 amide bonds. The number of rotatable bonds is 3. The van der Waals surface area contributed by atoms with Crippen LogP contribution < -0.4 is 0 Å². The smallest absolute Gasteiger partial charge is 0.277 e. The van der Waals surface area contributed by atoms with E-state index in [-0.39, 0.29) is 17.4 Å². The van der Waals surface area contributed by atoms with Gasteiger partial charge in [-0.15, -0.1) is 0 Å². The van der Waals surface area contributed by atoms with Gasteiger partial charge in [-0.05, 0) is 37.0 Å². The van der Waals surface area contributed by atoms with Gasteiger partial charge in [0.1, 0.15) is 5.75 Å². The zero-order valence-electron chi connectivity index (χ0n) is 12.7. The maximum absolute atomic E-state index is 11.4. The number of halogens is 1. The molecule has 0 aliphatic heterocycles. The van der Waals surface area contributed by atoms with Crippen molar-refractivity contribution in [2.45, 2.75) is 38.0 Å². The van der Waals surface area contributed by atoms with Gasteiger partial charge in [0.15, 0.2) is 0 Å². The fourth-order valence-corrected chi connectivity index (χ4v) is 3.77. The molecule has 0 aromatic heterocycles. The number of phenolic OH excluding ortho intramolecular Hbond substituents is 1. The first-order chi connectivity index (χ1) is 11.1. The van der Waals surface area contributed by atoms with Gasteiger partial charge in [0.25, 0.3) is 5.69 Å². The molecule has 0 unspecified atom stereocenters. The van der Waals surface area contributed by atoms with E-state index in [1.165, 1.54) is 12.5 Å². The fraction of sp³-hybridized carbons (Fsp3) is 0.333. The highest BCUT2D eigenvalue weighted by atomic mass is 35.5. The summed E-state index contributed by atoms with van der Waals surface area (Å²) in [5.74, 6) is 0.367. The lowest BCUT2D eigenvalue weighted by Crippen LogP contribution is -2.07. The molecule has 1 fully saturated rings. The van der Waals surface area contributed by atoms with Crippen LogP contribution in [0, 0.1) is 10.1 Å². The van der Waals surface area contributed by atoms with Crippen molar-refractivity contribution >= 4 is 17.3 Å². The second-order valence-electron chi connectivity index (χ2n) is 5.96. The Morgan fingerprint density at radius 3 is 2.48 bits per heavy atom. The second-order valence-corrected chi connectivity index (χ2v) is 6.37. The van der Waals surface area contributed by atoms with E-state index in [9.17, 15) is 15.2 Å². The molecule has 1 saturated carbocycles. The predicted molar refractivity (Wildman–Crippen MR) is 91.0 cm³/mol. The van der Waals surface area contributed by atoms with E-state index in [1.807, 2.05) is 0 Å². The Balaban J connectivity index is 2.23. The molecule has 0 saturated heterocycles. The number of nitrogens with zero attached hydrogens (tertiary/aromatic N) is 1. The van der Waals surface area contributed by atoms with Crippen molar-refractivity contribution in [3.05, 3.63) is 57.1 Å². The van der Waals surface area contributed by atoms with Crippen LogP contribution in [0.3, 0.4) is 0 Å². The maximum Gasteiger partial charge on any atom is 0.277 e. The van der Waals surface area contributed by atoms with E-state index in [0.717, 1.165) is 31.2 Å². The molecule has 2 aromatic rings. The van der Waals surface area contributed by atoms with Crippen LogP contribution in [0.25, 0.3) is 11.1 Å². The quantitative estimate of drug-likeness (QED) is 0.582. The summed E-state index contributed by atoms with van der Waals surface area (Å²) in [6.07, 6.45) is 5.35. The summed E-state index contributed by atoms with van der Waals surface area (Å²) >= 11 is 6.40. The number of aromatic hydroxyl groups is 1. The molecule has 120 valence electrons. The summed E-state index contributed by atoms with van der Waals surface area (Å²) in [5, 5.41) is 22.3. The van der Waals surface area contributed by atoms with Crippen LogP contribution in [0.1, 0.15) is 43.6 Å². The average Bonchev–Trinajstić information content (AvgIpc) is 2.57. The molecule has 0 radical (unpaired) electrons. The van der Waals surface area contributed by atoms with E-state index in [2.05, 4.69) is 0 Å². The van der Waals surface area contributed by atoms with Crippen molar-refractivity contribution in [1.29, 1.82) is 0 Å². The number of phenols is 1. The van der Waals surface area contributed by atoms with Gasteiger partial charge in [-0.1, -0.05) is 43.0 Å². The molecule has 1 N–H and O–H groups in total. The number of nitro benzene ring substituents is 1. The van der Waals surface area contributed by atoms with Crippen LogP contribution in [0.2, 0.25) is 5.02 Å². The number of para-hydroxylation sites is 1. The van der Waals surface area contributed by atoms with Gasteiger partial charge < -0.3 is 5.11 Å². The Hall–Kier alpha value is -2.07. The van der Waals surface area contributed by atoms with Crippen LogP contribution >= 0.6 is 11.6 Å². The minimum atomic E-state index is -0.402. The van der Waals surface area contributed by atoms with Gasteiger partial charge in [-0.25, -0.2) is 0 Å². The summed E-state index contributed by atoms with van der Waals surface area (Å²) < 4.78 is 0. The summed E-state index contributed by atoms with van der Waals surface area (Å²) in [6, 6.07) is 9.76. The Bertz CT molecular complexity index is 739. The summed E-state index contributed by atoms with van der Waals surface area (Å²) in [7, 11) is 0. The number of hydrogen-bond acceptors (Lipinski definition) is 3. The van der Waals surface area contributed by atoms with Crippen molar-refractivity contribution in [2.75, 3.05) is 0 Å². The van der Waals surface area contributed by atoms with Crippen LogP contribution in [-0.4, -0.2) is 10.0 Å². The van der Waals surface area contributed by atoms with Crippen LogP contribution in [0.15, 0.2) is 36.4 Å². The third-order valence-corrected chi connectivity index (χ3v) is 4.87. The molecule has 3 rings (SSSR count). The molecule has 2 aromatic carbocycles. The Morgan fingerprint density at radius 1 is 1.09 bits per heavy atom. The van der Waals surface area contributed by atoms with Gasteiger partial charge in [0.05, 0.1) is 10.5 Å². The highest BCUT2D eigenvalue weighted by Gasteiger charge is 2.27. The van der Waals surface area contributed by atoms with E-state index in [1.54, 1.807) is 30.3 Å². The Morgan fingerprint density at radius 2 is 1.78 bits per heavy atom. The topological polar surface area (TPSA) is 63.4 Å². The van der Waals surface area contributed by atoms with Gasteiger partial charge in [0, 0.05) is 22.2 Å². The number of nitro groups is 1. The molecular formula is C18H18ClNO3. The first kappa shape index (κ1) is 15.8. The van der Waals surface area contributed by atoms with Crippen molar-refractivity contribution in [3.63, 3.8) is 0 Å². The lowest BCUT2D eigenvalue weighted by Gasteiger charge is -2.26. The minimum Gasteiger partial charge on any atom is -0.508 e. The molecule has 0 atom stereocenters. The largest absolute Gasteiger partial charge is 0.508 e. The van der Waals surface area contributed by atoms with Crippen molar-refractivity contribution in [1.82, 2.24) is 0 Å². The standard InChI is InChI=1S/C18H18ClNO3/c19-14-10-11-16(21)17(12-6-2-1-3-7-12)18(14)13-8-4-5-9-15(13)20(22)23/h4-5,8-12,21H,1-3,6-7H2. The monoisotopic (exact) mass is 331 g/mol. The second kappa shape index (κ2) is 6.59. The Kier molecular flexibility index (Phi) is 4.53. The van der Waals surface area contributed by atoms with E-state index < -0.39 is 4.92 Å². The third kappa shape index (κ3) is 3.04. The first-order valence-corrected chi connectivity index (χ1v) is 8.22. The number of benzene rings is 2. The minimum absolute atomic E-state index is 0.0112. The number of hydrogen-bond donors (Lipinski definition) is 1. The lowest BCUT2D eigenvalue weighted by molar-refractivity contribution is -0.384. The summed E-state index contributed by atoms with van der Waals surface area (Å²) in [5.41, 5.74) is 1.84. The van der Waals surface area contributed by atoms with Gasteiger partial charge in [-0.3, -0.25) is 10.1 Å². The zero-order valence-corrected chi connectivity index (χ0v) is 13.4. The van der Waals surface area contributed by atoms with Gasteiger partial charge in [0.2, 0.25) is 0 Å². The van der Waals surface area contributed by atoms with Crippen molar-refractivity contribution in [3.8, 4) is 16.9 Å². The molecule has 0 spiro atoms. The van der Waals surface area contributed by atoms with Crippen LogP contribution in [0.5, 0.6) is 5.75 Å². The molecule has 0 bridgehead atoms. The molecule has 23 heavy (non-hydrogen) atoms. The highest BCUT2D eigenvalue weighted by Crippen LogP contribution is 2.47.